The van der Waals surface area contributed by atoms with E-state index in [4.69, 9.17) is 15.2 Å². The quantitative estimate of drug-likeness (QED) is 0.327. The van der Waals surface area contributed by atoms with Gasteiger partial charge in [0.05, 0.1) is 14.2 Å². The number of nitrogens with zero attached hydrogens (tertiary/aromatic N) is 1. The van der Waals surface area contributed by atoms with Gasteiger partial charge in [0, 0.05) is 18.3 Å². The van der Waals surface area contributed by atoms with Crippen molar-refractivity contribution in [2.24, 2.45) is 16.1 Å². The molecule has 0 spiro atoms. The van der Waals surface area contributed by atoms with E-state index >= 15 is 0 Å². The van der Waals surface area contributed by atoms with Gasteiger partial charge in [0.2, 0.25) is 0 Å². The van der Waals surface area contributed by atoms with E-state index in [1.807, 2.05) is 18.2 Å². The lowest BCUT2D eigenvalue weighted by molar-refractivity contribution is 0.307. The first-order valence-corrected chi connectivity index (χ1v) is 9.47. The molecule has 5 nitrogen and oxygen atoms in total. The minimum atomic E-state index is 0. The van der Waals surface area contributed by atoms with Crippen LogP contribution in [0.5, 0.6) is 11.5 Å². The van der Waals surface area contributed by atoms with Crippen molar-refractivity contribution in [1.82, 2.24) is 0 Å². The van der Waals surface area contributed by atoms with Crippen molar-refractivity contribution < 1.29 is 9.47 Å². The first kappa shape index (κ1) is 22.3. The summed E-state index contributed by atoms with van der Waals surface area (Å²) in [6.07, 6.45) is 6.00. The number of rotatable bonds is 7. The zero-order chi connectivity index (χ0) is 19.1. The van der Waals surface area contributed by atoms with E-state index in [1.165, 1.54) is 31.2 Å². The van der Waals surface area contributed by atoms with Gasteiger partial charge in [-0.1, -0.05) is 43.2 Å². The Bertz CT molecular complexity index is 775. The smallest absolute Gasteiger partial charge is 0.193 e. The van der Waals surface area contributed by atoms with Crippen LogP contribution in [0.3, 0.4) is 0 Å². The molecular weight excluding hydrogens is 465 g/mol. The Hall–Kier alpha value is -1.96. The van der Waals surface area contributed by atoms with Gasteiger partial charge in [0.15, 0.2) is 17.5 Å². The molecule has 3 rings (SSSR count). The van der Waals surface area contributed by atoms with Crippen LogP contribution in [0.2, 0.25) is 0 Å². The fraction of sp³-hybridized carbons (Fsp3) is 0.409. The van der Waals surface area contributed by atoms with E-state index in [9.17, 15) is 0 Å². The third-order valence-corrected chi connectivity index (χ3v) is 5.33. The number of ether oxygens (including phenoxy) is 2. The lowest BCUT2D eigenvalue weighted by Crippen LogP contribution is -2.28. The van der Waals surface area contributed by atoms with Crippen LogP contribution in [0.25, 0.3) is 0 Å². The first-order valence-electron chi connectivity index (χ1n) is 9.47. The van der Waals surface area contributed by atoms with Gasteiger partial charge in [0.25, 0.3) is 0 Å². The molecule has 6 heteroatoms. The van der Waals surface area contributed by atoms with Crippen molar-refractivity contribution in [2.45, 2.75) is 32.1 Å². The monoisotopic (exact) mass is 495 g/mol. The minimum absolute atomic E-state index is 0. The number of aliphatic imine (C=N–C) groups is 1. The summed E-state index contributed by atoms with van der Waals surface area (Å²) >= 11 is 0. The van der Waals surface area contributed by atoms with Gasteiger partial charge in [0.1, 0.15) is 0 Å². The highest BCUT2D eigenvalue weighted by Gasteiger charge is 2.33. The van der Waals surface area contributed by atoms with Crippen LogP contribution in [0.15, 0.2) is 53.5 Å². The SMILES string of the molecule is COc1ccc(NC(N)=NCC2(Cc3ccccc3)CCCC2)cc1OC.I. The second-order valence-electron chi connectivity index (χ2n) is 7.27. The molecule has 1 aliphatic carbocycles. The predicted molar refractivity (Wildman–Crippen MR) is 126 cm³/mol. The summed E-state index contributed by atoms with van der Waals surface area (Å²) in [5.41, 5.74) is 8.59. The molecule has 0 aliphatic heterocycles. The van der Waals surface area contributed by atoms with Crippen LogP contribution in [0.1, 0.15) is 31.2 Å². The van der Waals surface area contributed by atoms with Gasteiger partial charge >= 0.3 is 0 Å². The second-order valence-corrected chi connectivity index (χ2v) is 7.27. The third kappa shape index (κ3) is 5.77. The number of anilines is 1. The lowest BCUT2D eigenvalue weighted by Gasteiger charge is -2.27. The van der Waals surface area contributed by atoms with Crippen molar-refractivity contribution in [2.75, 3.05) is 26.1 Å². The van der Waals surface area contributed by atoms with E-state index in [2.05, 4.69) is 40.6 Å². The summed E-state index contributed by atoms with van der Waals surface area (Å²) in [6, 6.07) is 16.3. The van der Waals surface area contributed by atoms with E-state index in [0.717, 1.165) is 18.7 Å². The fourth-order valence-electron chi connectivity index (χ4n) is 3.90. The van der Waals surface area contributed by atoms with Gasteiger partial charge in [-0.2, -0.15) is 0 Å². The second kappa shape index (κ2) is 10.5. The number of benzene rings is 2. The van der Waals surface area contributed by atoms with E-state index < -0.39 is 0 Å². The molecule has 28 heavy (non-hydrogen) atoms. The Labute approximate surface area is 184 Å². The number of hydrogen-bond donors (Lipinski definition) is 2. The molecular formula is C22H30IN3O2. The fourth-order valence-corrected chi connectivity index (χ4v) is 3.90. The molecule has 152 valence electrons. The summed E-state index contributed by atoms with van der Waals surface area (Å²) in [5.74, 6) is 1.78. The van der Waals surface area contributed by atoms with Gasteiger partial charge in [-0.25, -0.2) is 0 Å². The standard InChI is InChI=1S/C22H29N3O2.HI/c1-26-19-11-10-18(14-20(19)27-2)25-21(23)24-16-22(12-6-7-13-22)15-17-8-4-3-5-9-17;/h3-5,8-11,14H,6-7,12-13,15-16H2,1-2H3,(H3,23,24,25);1H. The molecule has 0 saturated heterocycles. The largest absolute Gasteiger partial charge is 0.493 e. The zero-order valence-corrected chi connectivity index (χ0v) is 18.9. The predicted octanol–water partition coefficient (Wildman–Crippen LogP) is 4.85. The Morgan fingerprint density at radius 1 is 1.04 bits per heavy atom. The highest BCUT2D eigenvalue weighted by atomic mass is 127. The molecule has 2 aromatic rings. The van der Waals surface area contributed by atoms with E-state index in [0.29, 0.717) is 17.5 Å². The zero-order valence-electron chi connectivity index (χ0n) is 16.6. The Morgan fingerprint density at radius 3 is 2.36 bits per heavy atom. The average molecular weight is 495 g/mol. The average Bonchev–Trinajstić information content (AvgIpc) is 3.16. The topological polar surface area (TPSA) is 68.9 Å². The van der Waals surface area contributed by atoms with Crippen molar-refractivity contribution >= 4 is 35.6 Å². The molecule has 0 atom stereocenters. The van der Waals surface area contributed by atoms with Gasteiger partial charge in [-0.15, -0.1) is 24.0 Å². The number of hydrogen-bond acceptors (Lipinski definition) is 3. The normalized spacial score (nSPS) is 15.6. The first-order chi connectivity index (χ1) is 13.1. The van der Waals surface area contributed by atoms with Gasteiger partial charge < -0.3 is 20.5 Å². The highest BCUT2D eigenvalue weighted by molar-refractivity contribution is 14.0. The minimum Gasteiger partial charge on any atom is -0.493 e. The molecule has 0 unspecified atom stereocenters. The molecule has 1 aliphatic rings. The maximum Gasteiger partial charge on any atom is 0.193 e. The van der Waals surface area contributed by atoms with Gasteiger partial charge in [-0.3, -0.25) is 4.99 Å². The molecule has 1 saturated carbocycles. The molecule has 2 aromatic carbocycles. The summed E-state index contributed by atoms with van der Waals surface area (Å²) in [4.78, 5) is 4.68. The summed E-state index contributed by atoms with van der Waals surface area (Å²) in [6.45, 7) is 0.744. The molecule has 0 aromatic heterocycles. The van der Waals surface area contributed by atoms with Crippen molar-refractivity contribution in [3.05, 3.63) is 54.1 Å². The van der Waals surface area contributed by atoms with E-state index in [-0.39, 0.29) is 29.4 Å². The molecule has 3 N–H and O–H groups in total. The Morgan fingerprint density at radius 2 is 1.71 bits per heavy atom. The molecule has 1 fully saturated rings. The van der Waals surface area contributed by atoms with Crippen molar-refractivity contribution in [3.8, 4) is 11.5 Å². The number of nitrogens with one attached hydrogen (secondary N) is 1. The Kier molecular flexibility index (Phi) is 8.41. The van der Waals surface area contributed by atoms with Gasteiger partial charge in [-0.05, 0) is 42.4 Å². The Balaban J connectivity index is 0.00000280. The maximum atomic E-state index is 6.17. The van der Waals surface area contributed by atoms with Crippen LogP contribution in [0.4, 0.5) is 5.69 Å². The van der Waals surface area contributed by atoms with Crippen molar-refractivity contribution in [1.29, 1.82) is 0 Å². The number of methoxy groups -OCH3 is 2. The van der Waals surface area contributed by atoms with Crippen LogP contribution < -0.4 is 20.5 Å². The van der Waals surface area contributed by atoms with Crippen LogP contribution in [-0.2, 0) is 6.42 Å². The van der Waals surface area contributed by atoms with Crippen molar-refractivity contribution in [3.63, 3.8) is 0 Å². The highest BCUT2D eigenvalue weighted by Crippen LogP contribution is 2.41. The molecule has 0 bridgehead atoms. The summed E-state index contributed by atoms with van der Waals surface area (Å²) in [7, 11) is 3.24. The van der Waals surface area contributed by atoms with Crippen LogP contribution in [0, 0.1) is 5.41 Å². The summed E-state index contributed by atoms with van der Waals surface area (Å²) < 4.78 is 10.6. The molecule has 0 amide bonds. The van der Waals surface area contributed by atoms with Crippen LogP contribution >= 0.6 is 24.0 Å². The number of halogens is 1. The van der Waals surface area contributed by atoms with Crippen LogP contribution in [-0.4, -0.2) is 26.7 Å². The number of nitrogens with two attached hydrogens (primary N) is 1. The van der Waals surface area contributed by atoms with E-state index in [1.54, 1.807) is 14.2 Å². The lowest BCUT2D eigenvalue weighted by atomic mass is 9.80. The molecule has 0 radical (unpaired) electrons. The summed E-state index contributed by atoms with van der Waals surface area (Å²) in [5, 5.41) is 3.17. The molecule has 0 heterocycles. The maximum absolute atomic E-state index is 6.17. The third-order valence-electron chi connectivity index (χ3n) is 5.33. The number of guanidine groups is 1.